The maximum absolute atomic E-state index is 11.8. The molecule has 27 heavy (non-hydrogen) atoms. The lowest BCUT2D eigenvalue weighted by molar-refractivity contribution is -0.383. The number of aryl methyl sites for hydroxylation is 1. The van der Waals surface area contributed by atoms with E-state index < -0.39 is 4.92 Å². The molecule has 2 aromatic rings. The van der Waals surface area contributed by atoms with Gasteiger partial charge >= 0.3 is 5.69 Å². The summed E-state index contributed by atoms with van der Waals surface area (Å²) in [5, 5.41) is 18.1. The van der Waals surface area contributed by atoms with Crippen molar-refractivity contribution in [1.29, 1.82) is 0 Å². The lowest BCUT2D eigenvalue weighted by Gasteiger charge is -2.19. The first kappa shape index (κ1) is 21.6. The molecule has 1 aromatic carbocycles. The fraction of sp³-hybridized carbons (Fsp3) is 0.444. The fourth-order valence-corrected chi connectivity index (χ4v) is 3.97. The zero-order valence-electron chi connectivity index (χ0n) is 15.6. The second-order valence-corrected chi connectivity index (χ2v) is 8.01. The Kier molecular flexibility index (Phi) is 7.97. The van der Waals surface area contributed by atoms with E-state index in [1.165, 1.54) is 0 Å². The minimum absolute atomic E-state index is 0.139. The summed E-state index contributed by atoms with van der Waals surface area (Å²) in [4.78, 5) is 20.0. The SMILES string of the molecule is CCCC(CCC)Nc1nc(C)nc(Nc2ccc(Br)cc2Br)c1[N+](=O)[O-]. The molecule has 0 atom stereocenters. The van der Waals surface area contributed by atoms with Gasteiger partial charge < -0.3 is 10.6 Å². The summed E-state index contributed by atoms with van der Waals surface area (Å²) in [5.41, 5.74) is 0.539. The van der Waals surface area contributed by atoms with Crippen molar-refractivity contribution in [3.8, 4) is 0 Å². The molecule has 0 aliphatic heterocycles. The number of benzene rings is 1. The van der Waals surface area contributed by atoms with Crippen LogP contribution in [0, 0.1) is 17.0 Å². The van der Waals surface area contributed by atoms with Crippen LogP contribution in [0.25, 0.3) is 0 Å². The van der Waals surface area contributed by atoms with Crippen LogP contribution in [0.4, 0.5) is 23.0 Å². The molecule has 0 saturated carbocycles. The van der Waals surface area contributed by atoms with Crippen LogP contribution >= 0.6 is 31.9 Å². The highest BCUT2D eigenvalue weighted by molar-refractivity contribution is 9.11. The highest BCUT2D eigenvalue weighted by Crippen LogP contribution is 2.35. The van der Waals surface area contributed by atoms with Crippen LogP contribution in [0.15, 0.2) is 27.1 Å². The Hall–Kier alpha value is -1.74. The van der Waals surface area contributed by atoms with Crippen molar-refractivity contribution in [2.75, 3.05) is 10.6 Å². The van der Waals surface area contributed by atoms with Gasteiger partial charge in [0.1, 0.15) is 5.82 Å². The van der Waals surface area contributed by atoms with E-state index >= 15 is 0 Å². The Balaban J connectivity index is 2.45. The van der Waals surface area contributed by atoms with Crippen molar-refractivity contribution in [2.24, 2.45) is 0 Å². The van der Waals surface area contributed by atoms with Crippen LogP contribution in [0.2, 0.25) is 0 Å². The standard InChI is InChI=1S/C18H23Br2N5O2/c1-4-6-13(7-5-2)23-17-16(25(26)27)18(22-11(3)21-17)24-15-9-8-12(19)10-14(15)20/h8-10,13H,4-7H2,1-3H3,(H2,21,22,23,24). The predicted octanol–water partition coefficient (Wildman–Crippen LogP) is 6.34. The van der Waals surface area contributed by atoms with Crippen molar-refractivity contribution in [2.45, 2.75) is 52.5 Å². The highest BCUT2D eigenvalue weighted by atomic mass is 79.9. The molecule has 0 fully saturated rings. The number of hydrogen-bond donors (Lipinski definition) is 2. The molecule has 9 heteroatoms. The van der Waals surface area contributed by atoms with E-state index in [9.17, 15) is 10.1 Å². The van der Waals surface area contributed by atoms with Crippen molar-refractivity contribution in [3.05, 3.63) is 43.1 Å². The van der Waals surface area contributed by atoms with Crippen molar-refractivity contribution < 1.29 is 4.92 Å². The number of halogens is 2. The Morgan fingerprint density at radius 3 is 2.33 bits per heavy atom. The predicted molar refractivity (Wildman–Crippen MR) is 116 cm³/mol. The minimum atomic E-state index is -0.439. The van der Waals surface area contributed by atoms with Crippen LogP contribution in [-0.4, -0.2) is 20.9 Å². The molecule has 1 aromatic heterocycles. The second kappa shape index (κ2) is 9.98. The van der Waals surface area contributed by atoms with Gasteiger partial charge in [-0.1, -0.05) is 42.6 Å². The molecule has 146 valence electrons. The van der Waals surface area contributed by atoms with Gasteiger partial charge in [0.25, 0.3) is 0 Å². The molecular formula is C18H23Br2N5O2. The Labute approximate surface area is 175 Å². The monoisotopic (exact) mass is 499 g/mol. The minimum Gasteiger partial charge on any atom is -0.361 e. The van der Waals surface area contributed by atoms with Gasteiger partial charge in [-0.3, -0.25) is 10.1 Å². The zero-order chi connectivity index (χ0) is 20.0. The number of hydrogen-bond acceptors (Lipinski definition) is 6. The lowest BCUT2D eigenvalue weighted by Crippen LogP contribution is -2.21. The van der Waals surface area contributed by atoms with E-state index in [0.717, 1.165) is 34.6 Å². The number of nitro groups is 1. The molecule has 0 unspecified atom stereocenters. The van der Waals surface area contributed by atoms with E-state index in [-0.39, 0.29) is 23.4 Å². The number of anilines is 3. The first-order valence-electron chi connectivity index (χ1n) is 8.87. The summed E-state index contributed by atoms with van der Waals surface area (Å²) in [6, 6.07) is 5.67. The van der Waals surface area contributed by atoms with Crippen molar-refractivity contribution >= 4 is 54.9 Å². The van der Waals surface area contributed by atoms with Crippen LogP contribution in [-0.2, 0) is 0 Å². The molecule has 1 heterocycles. The molecular weight excluding hydrogens is 478 g/mol. The summed E-state index contributed by atoms with van der Waals surface area (Å²) in [6.07, 6.45) is 3.84. The summed E-state index contributed by atoms with van der Waals surface area (Å²) in [6.45, 7) is 5.93. The molecule has 0 saturated heterocycles. The normalized spacial score (nSPS) is 10.9. The molecule has 2 rings (SSSR count). The smallest absolute Gasteiger partial charge is 0.353 e. The third-order valence-electron chi connectivity index (χ3n) is 3.98. The van der Waals surface area contributed by atoms with Gasteiger partial charge in [0.2, 0.25) is 11.6 Å². The van der Waals surface area contributed by atoms with Gasteiger partial charge in [0.05, 0.1) is 10.6 Å². The summed E-state index contributed by atoms with van der Waals surface area (Å²) in [7, 11) is 0. The van der Waals surface area contributed by atoms with Gasteiger partial charge in [-0.05, 0) is 53.9 Å². The topological polar surface area (TPSA) is 93.0 Å². The lowest BCUT2D eigenvalue weighted by atomic mass is 10.1. The quantitative estimate of drug-likeness (QED) is 0.308. The highest BCUT2D eigenvalue weighted by Gasteiger charge is 2.26. The molecule has 0 bridgehead atoms. The first-order valence-corrected chi connectivity index (χ1v) is 10.5. The van der Waals surface area contributed by atoms with Crippen molar-refractivity contribution in [1.82, 2.24) is 9.97 Å². The van der Waals surface area contributed by atoms with Gasteiger partial charge in [-0.25, -0.2) is 9.97 Å². The third kappa shape index (κ3) is 5.87. The largest absolute Gasteiger partial charge is 0.361 e. The van der Waals surface area contributed by atoms with E-state index in [4.69, 9.17) is 0 Å². The first-order chi connectivity index (χ1) is 12.8. The van der Waals surface area contributed by atoms with Gasteiger partial charge in [-0.15, -0.1) is 0 Å². The van der Waals surface area contributed by atoms with Crippen LogP contribution < -0.4 is 10.6 Å². The molecule has 0 aliphatic carbocycles. The van der Waals surface area contributed by atoms with Crippen molar-refractivity contribution in [3.63, 3.8) is 0 Å². The molecule has 0 amide bonds. The maximum atomic E-state index is 11.8. The molecule has 7 nitrogen and oxygen atoms in total. The van der Waals surface area contributed by atoms with Gasteiger partial charge in [-0.2, -0.15) is 0 Å². The Morgan fingerprint density at radius 2 is 1.78 bits per heavy atom. The number of nitrogens with zero attached hydrogens (tertiary/aromatic N) is 3. The summed E-state index contributed by atoms with van der Waals surface area (Å²) >= 11 is 6.86. The molecule has 0 aliphatic rings. The fourth-order valence-electron chi connectivity index (χ4n) is 2.82. The summed E-state index contributed by atoms with van der Waals surface area (Å²) < 4.78 is 1.67. The summed E-state index contributed by atoms with van der Waals surface area (Å²) in [5.74, 6) is 0.894. The van der Waals surface area contributed by atoms with Crippen LogP contribution in [0.5, 0.6) is 0 Å². The van der Waals surface area contributed by atoms with Crippen LogP contribution in [0.1, 0.15) is 45.4 Å². The van der Waals surface area contributed by atoms with Gasteiger partial charge in [0, 0.05) is 15.0 Å². The average Bonchev–Trinajstić information content (AvgIpc) is 2.57. The zero-order valence-corrected chi connectivity index (χ0v) is 18.7. The Bertz CT molecular complexity index is 811. The van der Waals surface area contributed by atoms with E-state index in [1.807, 2.05) is 18.2 Å². The maximum Gasteiger partial charge on any atom is 0.353 e. The molecule has 2 N–H and O–H groups in total. The number of aromatic nitrogens is 2. The van der Waals surface area contributed by atoms with E-state index in [0.29, 0.717) is 11.5 Å². The van der Waals surface area contributed by atoms with E-state index in [2.05, 4.69) is 66.3 Å². The Morgan fingerprint density at radius 1 is 1.15 bits per heavy atom. The second-order valence-electron chi connectivity index (χ2n) is 6.24. The molecule has 0 radical (unpaired) electrons. The number of nitrogens with one attached hydrogen (secondary N) is 2. The number of rotatable bonds is 9. The third-order valence-corrected chi connectivity index (χ3v) is 5.13. The van der Waals surface area contributed by atoms with Crippen LogP contribution in [0.3, 0.4) is 0 Å². The molecule has 0 spiro atoms. The van der Waals surface area contributed by atoms with E-state index in [1.54, 1.807) is 6.92 Å². The average molecular weight is 501 g/mol. The van der Waals surface area contributed by atoms with Gasteiger partial charge in [0.15, 0.2) is 0 Å².